The first kappa shape index (κ1) is 13.8. The summed E-state index contributed by atoms with van der Waals surface area (Å²) in [5.41, 5.74) is 7.27. The Morgan fingerprint density at radius 3 is 2.89 bits per heavy atom. The Balaban J connectivity index is 2.24. The minimum atomic E-state index is -0.0128. The number of nitrogens with zero attached hydrogens (tertiary/aromatic N) is 2. The highest BCUT2D eigenvalue weighted by atomic mass is 32.1. The fraction of sp³-hybridized carbons (Fsp3) is 0.429. The predicted molar refractivity (Wildman–Crippen MR) is 80.4 cm³/mol. The summed E-state index contributed by atoms with van der Waals surface area (Å²) in [5, 5.41) is 0. The van der Waals surface area contributed by atoms with Crippen LogP contribution in [0.4, 0.5) is 5.69 Å². The second-order valence-corrected chi connectivity index (χ2v) is 6.16. The first-order chi connectivity index (χ1) is 9.00. The van der Waals surface area contributed by atoms with Gasteiger partial charge in [-0.25, -0.2) is 0 Å². The maximum absolute atomic E-state index is 12.4. The van der Waals surface area contributed by atoms with Gasteiger partial charge in [-0.2, -0.15) is 0 Å². The van der Waals surface area contributed by atoms with Gasteiger partial charge in [-0.05, 0) is 24.5 Å². The van der Waals surface area contributed by atoms with Gasteiger partial charge in [-0.15, -0.1) is 11.3 Å². The van der Waals surface area contributed by atoms with Crippen LogP contribution in [0.25, 0.3) is 10.2 Å². The number of fused-ring (bicyclic) bond motifs is 1. The summed E-state index contributed by atoms with van der Waals surface area (Å²) >= 11 is 1.42. The third-order valence-electron chi connectivity index (χ3n) is 3.07. The molecule has 19 heavy (non-hydrogen) atoms. The van der Waals surface area contributed by atoms with Crippen molar-refractivity contribution in [2.45, 2.75) is 20.3 Å². The summed E-state index contributed by atoms with van der Waals surface area (Å²) in [5.74, 6) is 0.567. The van der Waals surface area contributed by atoms with Crippen LogP contribution in [0, 0.1) is 5.92 Å². The lowest BCUT2D eigenvalue weighted by molar-refractivity contribution is 0.0795. The van der Waals surface area contributed by atoms with Gasteiger partial charge in [0.15, 0.2) is 0 Å². The van der Waals surface area contributed by atoms with Gasteiger partial charge in [-0.3, -0.25) is 9.78 Å². The SMILES string of the molecule is CC(C)CCN(C)C(=O)c1sc2cccnc2c1N. The first-order valence-corrected chi connectivity index (χ1v) is 7.20. The normalized spacial score (nSPS) is 11.2. The van der Waals surface area contributed by atoms with Crippen molar-refractivity contribution in [3.63, 3.8) is 0 Å². The van der Waals surface area contributed by atoms with Crippen LogP contribution in [0.3, 0.4) is 0 Å². The molecule has 0 aliphatic rings. The van der Waals surface area contributed by atoms with Crippen LogP contribution in [0.1, 0.15) is 29.9 Å². The monoisotopic (exact) mass is 277 g/mol. The van der Waals surface area contributed by atoms with Crippen molar-refractivity contribution < 1.29 is 4.79 Å². The van der Waals surface area contributed by atoms with E-state index in [1.165, 1.54) is 11.3 Å². The van der Waals surface area contributed by atoms with Crippen LogP contribution >= 0.6 is 11.3 Å². The van der Waals surface area contributed by atoms with Gasteiger partial charge in [0.25, 0.3) is 5.91 Å². The van der Waals surface area contributed by atoms with Crippen molar-refractivity contribution in [3.8, 4) is 0 Å². The van der Waals surface area contributed by atoms with E-state index < -0.39 is 0 Å². The highest BCUT2D eigenvalue weighted by Crippen LogP contribution is 2.32. The Morgan fingerprint density at radius 1 is 1.53 bits per heavy atom. The van der Waals surface area contributed by atoms with Gasteiger partial charge in [0, 0.05) is 19.8 Å². The Kier molecular flexibility index (Phi) is 4.04. The average molecular weight is 277 g/mol. The van der Waals surface area contributed by atoms with Crippen molar-refractivity contribution in [1.82, 2.24) is 9.88 Å². The highest BCUT2D eigenvalue weighted by molar-refractivity contribution is 7.21. The zero-order valence-corrected chi connectivity index (χ0v) is 12.3. The number of nitrogens with two attached hydrogens (primary N) is 1. The molecule has 2 aromatic heterocycles. The third-order valence-corrected chi connectivity index (χ3v) is 4.21. The second kappa shape index (κ2) is 5.57. The van der Waals surface area contributed by atoms with E-state index in [1.54, 1.807) is 11.1 Å². The molecule has 0 unspecified atom stereocenters. The quantitative estimate of drug-likeness (QED) is 0.934. The fourth-order valence-corrected chi connectivity index (χ4v) is 2.91. The number of aromatic nitrogens is 1. The first-order valence-electron chi connectivity index (χ1n) is 6.39. The van der Waals surface area contributed by atoms with Gasteiger partial charge in [-0.1, -0.05) is 13.8 Å². The molecular weight excluding hydrogens is 258 g/mol. The molecule has 2 aromatic rings. The maximum atomic E-state index is 12.4. The van der Waals surface area contributed by atoms with Gasteiger partial charge in [0.1, 0.15) is 10.4 Å². The molecule has 0 atom stereocenters. The predicted octanol–water partition coefficient (Wildman–Crippen LogP) is 3.00. The minimum absolute atomic E-state index is 0.0128. The Labute approximate surface area is 117 Å². The van der Waals surface area contributed by atoms with E-state index in [2.05, 4.69) is 18.8 Å². The van der Waals surface area contributed by atoms with E-state index in [1.807, 2.05) is 19.2 Å². The molecule has 0 aliphatic carbocycles. The third kappa shape index (κ3) is 2.87. The molecule has 5 heteroatoms. The van der Waals surface area contributed by atoms with Crippen molar-refractivity contribution in [2.75, 3.05) is 19.3 Å². The lowest BCUT2D eigenvalue weighted by Gasteiger charge is -2.17. The van der Waals surface area contributed by atoms with Crippen molar-refractivity contribution >= 4 is 33.1 Å². The van der Waals surface area contributed by atoms with E-state index >= 15 is 0 Å². The summed E-state index contributed by atoms with van der Waals surface area (Å²) in [6.07, 6.45) is 2.69. The van der Waals surface area contributed by atoms with E-state index in [9.17, 15) is 4.79 Å². The summed E-state index contributed by atoms with van der Waals surface area (Å²) in [4.78, 5) is 18.9. The van der Waals surface area contributed by atoms with Gasteiger partial charge in [0.05, 0.1) is 10.4 Å². The zero-order valence-electron chi connectivity index (χ0n) is 11.5. The van der Waals surface area contributed by atoms with Crippen LogP contribution in [0.2, 0.25) is 0 Å². The maximum Gasteiger partial charge on any atom is 0.265 e. The van der Waals surface area contributed by atoms with Crippen LogP contribution in [0.15, 0.2) is 18.3 Å². The Bertz CT molecular complexity index is 591. The van der Waals surface area contributed by atoms with Crippen molar-refractivity contribution in [2.24, 2.45) is 5.92 Å². The number of amides is 1. The van der Waals surface area contributed by atoms with Crippen LogP contribution in [-0.2, 0) is 0 Å². The number of carbonyl (C=O) groups excluding carboxylic acids is 1. The molecule has 2 heterocycles. The second-order valence-electron chi connectivity index (χ2n) is 5.10. The molecule has 0 saturated heterocycles. The molecule has 0 fully saturated rings. The average Bonchev–Trinajstić information content (AvgIpc) is 2.73. The number of thiophene rings is 1. The molecule has 4 nitrogen and oxygen atoms in total. The standard InChI is InChI=1S/C14H19N3OS/c1-9(2)6-8-17(3)14(18)13-11(15)12-10(19-13)5-4-7-16-12/h4-5,7,9H,6,8,15H2,1-3H3. The number of rotatable bonds is 4. The zero-order chi connectivity index (χ0) is 14.0. The molecule has 0 aliphatic heterocycles. The summed E-state index contributed by atoms with van der Waals surface area (Å²) in [6.45, 7) is 5.05. The molecule has 102 valence electrons. The van der Waals surface area contributed by atoms with E-state index in [4.69, 9.17) is 5.73 Å². The highest BCUT2D eigenvalue weighted by Gasteiger charge is 2.20. The number of pyridine rings is 1. The van der Waals surface area contributed by atoms with Gasteiger partial charge >= 0.3 is 0 Å². The van der Waals surface area contributed by atoms with E-state index in [0.29, 0.717) is 16.5 Å². The fourth-order valence-electron chi connectivity index (χ4n) is 1.83. The Hall–Kier alpha value is -1.62. The lowest BCUT2D eigenvalue weighted by Crippen LogP contribution is -2.28. The molecule has 2 rings (SSSR count). The van der Waals surface area contributed by atoms with E-state index in [0.717, 1.165) is 23.2 Å². The largest absolute Gasteiger partial charge is 0.396 e. The molecule has 0 bridgehead atoms. The molecule has 1 amide bonds. The van der Waals surface area contributed by atoms with Crippen LogP contribution < -0.4 is 5.73 Å². The van der Waals surface area contributed by atoms with Gasteiger partial charge < -0.3 is 10.6 Å². The molecular formula is C14H19N3OS. The van der Waals surface area contributed by atoms with Gasteiger partial charge in [0.2, 0.25) is 0 Å². The summed E-state index contributed by atoms with van der Waals surface area (Å²) < 4.78 is 0.959. The molecule has 2 N–H and O–H groups in total. The number of hydrogen-bond acceptors (Lipinski definition) is 4. The molecule has 0 spiro atoms. The van der Waals surface area contributed by atoms with E-state index in [-0.39, 0.29) is 5.91 Å². The topological polar surface area (TPSA) is 59.2 Å². The molecule has 0 radical (unpaired) electrons. The summed E-state index contributed by atoms with van der Waals surface area (Å²) in [6, 6.07) is 3.79. The van der Waals surface area contributed by atoms with Crippen LogP contribution in [-0.4, -0.2) is 29.4 Å². The minimum Gasteiger partial charge on any atom is -0.396 e. The van der Waals surface area contributed by atoms with Crippen molar-refractivity contribution in [1.29, 1.82) is 0 Å². The smallest absolute Gasteiger partial charge is 0.265 e. The number of nitrogen functional groups attached to an aromatic ring is 1. The molecule has 0 saturated carbocycles. The Morgan fingerprint density at radius 2 is 2.26 bits per heavy atom. The summed E-state index contributed by atoms with van der Waals surface area (Å²) in [7, 11) is 1.82. The number of carbonyl (C=O) groups is 1. The number of anilines is 1. The molecule has 0 aromatic carbocycles. The lowest BCUT2D eigenvalue weighted by atomic mass is 10.1. The van der Waals surface area contributed by atoms with Crippen LogP contribution in [0.5, 0.6) is 0 Å². The number of hydrogen-bond donors (Lipinski definition) is 1. The van der Waals surface area contributed by atoms with Crippen molar-refractivity contribution in [3.05, 3.63) is 23.2 Å².